The molecular weight excluding hydrogens is 359 g/mol. The third kappa shape index (κ3) is 3.67. The molecule has 0 spiro atoms. The Balaban J connectivity index is 1.79. The number of carbonyl (C=O) groups excluding carboxylic acids is 2. The van der Waals surface area contributed by atoms with E-state index in [2.05, 4.69) is 4.98 Å². The second-order valence-corrected chi connectivity index (χ2v) is 9.49. The van der Waals surface area contributed by atoms with Crippen molar-refractivity contribution in [2.75, 3.05) is 0 Å². The number of carbonyl (C=O) groups is 2. The minimum absolute atomic E-state index is 0.237. The van der Waals surface area contributed by atoms with Gasteiger partial charge in [-0.2, -0.15) is 0 Å². The standard InChI is InChI=1S/C20H29BN2O5/c1-12(17(25)26-18(2,3)4)23-11-15-14(16(23)24)9-13(10-22-15)21-27-19(5,6)20(7,8)28-21/h9-10,12H,11H2,1-8H3/t12-/m1/s1. The van der Waals surface area contributed by atoms with Crippen LogP contribution in [0.5, 0.6) is 0 Å². The van der Waals surface area contributed by atoms with Crippen LogP contribution in [0.1, 0.15) is 71.4 Å². The SMILES string of the molecule is C[C@H](C(=O)OC(C)(C)C)N1Cc2ncc(B3OC(C)(C)C(C)(C)O3)cc2C1=O. The molecule has 8 heteroatoms. The lowest BCUT2D eigenvalue weighted by Crippen LogP contribution is -2.42. The van der Waals surface area contributed by atoms with E-state index in [9.17, 15) is 9.59 Å². The second kappa shape index (κ2) is 6.56. The van der Waals surface area contributed by atoms with Crippen LogP contribution >= 0.6 is 0 Å². The van der Waals surface area contributed by atoms with E-state index >= 15 is 0 Å². The Morgan fingerprint density at radius 2 is 1.82 bits per heavy atom. The number of nitrogens with zero attached hydrogens (tertiary/aromatic N) is 2. The van der Waals surface area contributed by atoms with Crippen LogP contribution in [0, 0.1) is 0 Å². The van der Waals surface area contributed by atoms with Crippen LogP contribution in [0.15, 0.2) is 12.3 Å². The molecule has 1 atom stereocenters. The van der Waals surface area contributed by atoms with Gasteiger partial charge in [0, 0.05) is 11.7 Å². The molecule has 1 fully saturated rings. The maximum atomic E-state index is 12.9. The van der Waals surface area contributed by atoms with Crippen LogP contribution in [-0.2, 0) is 25.4 Å². The smallest absolute Gasteiger partial charge is 0.458 e. The highest BCUT2D eigenvalue weighted by Crippen LogP contribution is 2.36. The fourth-order valence-corrected chi connectivity index (χ4v) is 3.14. The third-order valence-corrected chi connectivity index (χ3v) is 5.54. The molecule has 3 rings (SSSR count). The third-order valence-electron chi connectivity index (χ3n) is 5.54. The Labute approximate surface area is 166 Å². The second-order valence-electron chi connectivity index (χ2n) is 9.49. The summed E-state index contributed by atoms with van der Waals surface area (Å²) in [6.07, 6.45) is 1.68. The summed E-state index contributed by atoms with van der Waals surface area (Å²) in [6, 6.07) is 1.07. The van der Waals surface area contributed by atoms with Gasteiger partial charge in [-0.25, -0.2) is 4.79 Å². The zero-order chi connectivity index (χ0) is 21.1. The zero-order valence-electron chi connectivity index (χ0n) is 18.0. The van der Waals surface area contributed by atoms with Gasteiger partial charge in [0.05, 0.1) is 29.0 Å². The van der Waals surface area contributed by atoms with Crippen LogP contribution in [0.4, 0.5) is 0 Å². The van der Waals surface area contributed by atoms with Gasteiger partial charge in [-0.1, -0.05) is 0 Å². The molecule has 0 aliphatic carbocycles. The minimum Gasteiger partial charge on any atom is -0.458 e. The molecule has 0 radical (unpaired) electrons. The van der Waals surface area contributed by atoms with Crippen molar-refractivity contribution in [3.8, 4) is 0 Å². The van der Waals surface area contributed by atoms with Crippen molar-refractivity contribution in [2.45, 2.75) is 84.8 Å². The molecule has 1 saturated heterocycles. The Kier molecular flexibility index (Phi) is 4.87. The van der Waals surface area contributed by atoms with Crippen molar-refractivity contribution in [3.63, 3.8) is 0 Å². The van der Waals surface area contributed by atoms with Crippen molar-refractivity contribution >= 4 is 24.5 Å². The summed E-state index contributed by atoms with van der Waals surface area (Å²) in [5.74, 6) is -0.668. The van der Waals surface area contributed by atoms with E-state index in [-0.39, 0.29) is 12.5 Å². The lowest BCUT2D eigenvalue weighted by atomic mass is 9.79. The molecule has 0 N–H and O–H groups in total. The van der Waals surface area contributed by atoms with Crippen LogP contribution in [0.2, 0.25) is 0 Å². The minimum atomic E-state index is -0.693. The average Bonchev–Trinajstić information content (AvgIpc) is 2.98. The first-order valence-corrected chi connectivity index (χ1v) is 9.60. The quantitative estimate of drug-likeness (QED) is 0.583. The molecule has 2 aliphatic heterocycles. The number of fused-ring (bicyclic) bond motifs is 1. The van der Waals surface area contributed by atoms with Crippen molar-refractivity contribution in [2.24, 2.45) is 0 Å². The molecule has 152 valence electrons. The summed E-state index contributed by atoms with van der Waals surface area (Å²) in [6.45, 7) is 15.3. The number of ether oxygens (including phenoxy) is 1. The summed E-state index contributed by atoms with van der Waals surface area (Å²) in [5.41, 5.74) is 0.250. The van der Waals surface area contributed by atoms with Crippen LogP contribution in [0.25, 0.3) is 0 Å². The molecule has 0 bridgehead atoms. The molecule has 2 aliphatic rings. The summed E-state index contributed by atoms with van der Waals surface area (Å²) in [7, 11) is -0.590. The van der Waals surface area contributed by atoms with E-state index < -0.39 is 35.9 Å². The van der Waals surface area contributed by atoms with Crippen molar-refractivity contribution in [1.29, 1.82) is 0 Å². The summed E-state index contributed by atoms with van der Waals surface area (Å²) >= 11 is 0. The Hall–Kier alpha value is -1.93. The molecule has 3 heterocycles. The topological polar surface area (TPSA) is 78.0 Å². The molecule has 0 aromatic carbocycles. The van der Waals surface area contributed by atoms with Gasteiger partial charge in [0.1, 0.15) is 11.6 Å². The van der Waals surface area contributed by atoms with Gasteiger partial charge < -0.3 is 18.9 Å². The highest BCUT2D eigenvalue weighted by atomic mass is 16.7. The number of rotatable bonds is 3. The van der Waals surface area contributed by atoms with Crippen molar-refractivity contribution < 1.29 is 23.6 Å². The Morgan fingerprint density at radius 1 is 1.25 bits per heavy atom. The lowest BCUT2D eigenvalue weighted by molar-refractivity contribution is -0.159. The summed E-state index contributed by atoms with van der Waals surface area (Å²) < 4.78 is 17.5. The largest absolute Gasteiger partial charge is 0.496 e. The predicted octanol–water partition coefficient (Wildman–Crippen LogP) is 2.07. The van der Waals surface area contributed by atoms with Crippen molar-refractivity contribution in [3.05, 3.63) is 23.5 Å². The summed E-state index contributed by atoms with van der Waals surface area (Å²) in [5, 5.41) is 0. The first-order valence-electron chi connectivity index (χ1n) is 9.60. The lowest BCUT2D eigenvalue weighted by Gasteiger charge is -2.32. The average molecular weight is 388 g/mol. The summed E-state index contributed by atoms with van der Waals surface area (Å²) in [4.78, 5) is 31.2. The number of hydrogen-bond acceptors (Lipinski definition) is 6. The molecule has 0 unspecified atom stereocenters. The van der Waals surface area contributed by atoms with Gasteiger partial charge in [-0.05, 0) is 61.5 Å². The monoisotopic (exact) mass is 388 g/mol. The number of amides is 1. The van der Waals surface area contributed by atoms with E-state index in [1.807, 2.05) is 27.7 Å². The van der Waals surface area contributed by atoms with E-state index in [4.69, 9.17) is 14.0 Å². The van der Waals surface area contributed by atoms with Crippen LogP contribution in [-0.4, -0.2) is 51.7 Å². The van der Waals surface area contributed by atoms with E-state index in [0.717, 1.165) is 0 Å². The molecule has 1 aromatic rings. The molecule has 1 amide bonds. The number of pyridine rings is 1. The van der Waals surface area contributed by atoms with Gasteiger partial charge in [-0.3, -0.25) is 9.78 Å². The molecular formula is C20H29BN2O5. The van der Waals surface area contributed by atoms with Crippen LogP contribution in [0.3, 0.4) is 0 Å². The first-order chi connectivity index (χ1) is 12.7. The van der Waals surface area contributed by atoms with Gasteiger partial charge in [-0.15, -0.1) is 0 Å². The van der Waals surface area contributed by atoms with E-state index in [0.29, 0.717) is 16.7 Å². The molecule has 0 saturated carbocycles. The Bertz CT molecular complexity index is 799. The Morgan fingerprint density at radius 3 is 2.36 bits per heavy atom. The fraction of sp³-hybridized carbons (Fsp3) is 0.650. The van der Waals surface area contributed by atoms with Gasteiger partial charge in [0.25, 0.3) is 5.91 Å². The first kappa shape index (κ1) is 20.8. The highest BCUT2D eigenvalue weighted by molar-refractivity contribution is 6.62. The number of hydrogen-bond donors (Lipinski definition) is 0. The molecule has 28 heavy (non-hydrogen) atoms. The van der Waals surface area contributed by atoms with E-state index in [1.165, 1.54) is 4.90 Å². The maximum absolute atomic E-state index is 12.9. The van der Waals surface area contributed by atoms with Crippen LogP contribution < -0.4 is 5.46 Å². The molecule has 1 aromatic heterocycles. The normalized spacial score (nSPS) is 21.6. The fourth-order valence-electron chi connectivity index (χ4n) is 3.14. The van der Waals surface area contributed by atoms with Gasteiger partial charge in [0.15, 0.2) is 0 Å². The predicted molar refractivity (Wildman–Crippen MR) is 105 cm³/mol. The highest BCUT2D eigenvalue weighted by Gasteiger charge is 2.52. The number of esters is 1. The maximum Gasteiger partial charge on any atom is 0.496 e. The molecule has 7 nitrogen and oxygen atoms in total. The van der Waals surface area contributed by atoms with Gasteiger partial charge >= 0.3 is 13.1 Å². The zero-order valence-corrected chi connectivity index (χ0v) is 18.0. The van der Waals surface area contributed by atoms with E-state index in [1.54, 1.807) is 40.0 Å². The number of aromatic nitrogens is 1. The van der Waals surface area contributed by atoms with Crippen molar-refractivity contribution in [1.82, 2.24) is 9.88 Å². The van der Waals surface area contributed by atoms with Gasteiger partial charge in [0.2, 0.25) is 0 Å².